The van der Waals surface area contributed by atoms with E-state index in [1.54, 1.807) is 48.5 Å². The van der Waals surface area contributed by atoms with Crippen LogP contribution in [-0.4, -0.2) is 12.4 Å². The molecule has 3 nitrogen and oxygen atoms in total. The highest BCUT2D eigenvalue weighted by molar-refractivity contribution is 7.90. The van der Waals surface area contributed by atoms with E-state index in [-0.39, 0.29) is 4.90 Å². The molecule has 112 valence electrons. The topological polar surface area (TPSA) is 39.1 Å². The van der Waals surface area contributed by atoms with E-state index in [1.807, 2.05) is 19.1 Å². The number of hydrogen-bond donors (Lipinski definition) is 0. The second kappa shape index (κ2) is 5.63. The fourth-order valence-electron chi connectivity index (χ4n) is 2.28. The van der Waals surface area contributed by atoms with Gasteiger partial charge in [0.2, 0.25) is 0 Å². The fraction of sp³-hybridized carbons (Fsp3) is 0.0588. The summed E-state index contributed by atoms with van der Waals surface area (Å²) in [5.41, 5.74) is 2.24. The number of nitrogens with zero attached hydrogens (tertiary/aromatic N) is 1. The van der Waals surface area contributed by atoms with Gasteiger partial charge >= 0.3 is 0 Å². The minimum atomic E-state index is -3.65. The molecular formula is C17H14ClNO2S. The Morgan fingerprint density at radius 2 is 1.59 bits per heavy atom. The predicted molar refractivity (Wildman–Crippen MR) is 88.6 cm³/mol. The number of aryl methyl sites for hydroxylation is 1. The van der Waals surface area contributed by atoms with Crippen LogP contribution < -0.4 is 0 Å². The van der Waals surface area contributed by atoms with Crippen molar-refractivity contribution >= 4 is 21.6 Å². The molecule has 3 aromatic rings. The molecule has 0 atom stereocenters. The molecule has 2 aromatic carbocycles. The summed E-state index contributed by atoms with van der Waals surface area (Å²) >= 11 is 6.20. The minimum absolute atomic E-state index is 0.252. The first-order valence-electron chi connectivity index (χ1n) is 6.74. The van der Waals surface area contributed by atoms with Gasteiger partial charge in [-0.2, -0.15) is 0 Å². The second-order valence-electron chi connectivity index (χ2n) is 4.99. The third-order valence-corrected chi connectivity index (χ3v) is 5.47. The summed E-state index contributed by atoms with van der Waals surface area (Å²) in [6.45, 7) is 1.92. The van der Waals surface area contributed by atoms with Gasteiger partial charge in [0.1, 0.15) is 0 Å². The van der Waals surface area contributed by atoms with Crippen LogP contribution in [0.15, 0.2) is 71.8 Å². The van der Waals surface area contributed by atoms with Gasteiger partial charge in [-0.25, -0.2) is 12.4 Å². The van der Waals surface area contributed by atoms with E-state index in [2.05, 4.69) is 0 Å². The highest BCUT2D eigenvalue weighted by Gasteiger charge is 2.20. The largest absolute Gasteiger partial charge is 0.268 e. The molecule has 1 aromatic heterocycles. The lowest BCUT2D eigenvalue weighted by Crippen LogP contribution is -2.13. The lowest BCUT2D eigenvalue weighted by Gasteiger charge is -2.12. The SMILES string of the molecule is Cc1ccc(S(=O)(=O)n2cccc2-c2ccccc2Cl)cc1. The first-order chi connectivity index (χ1) is 10.5. The van der Waals surface area contributed by atoms with Gasteiger partial charge in [-0.05, 0) is 37.3 Å². The van der Waals surface area contributed by atoms with E-state index in [4.69, 9.17) is 11.6 Å². The molecule has 0 radical (unpaired) electrons. The maximum absolute atomic E-state index is 12.8. The Labute approximate surface area is 134 Å². The summed E-state index contributed by atoms with van der Waals surface area (Å²) in [5, 5.41) is 0.515. The Bertz CT molecular complexity index is 912. The zero-order valence-corrected chi connectivity index (χ0v) is 13.5. The Morgan fingerprint density at radius 3 is 2.27 bits per heavy atom. The maximum Gasteiger partial charge on any atom is 0.268 e. The molecule has 0 aliphatic rings. The van der Waals surface area contributed by atoms with Crippen LogP contribution in [-0.2, 0) is 10.0 Å². The number of rotatable bonds is 3. The first kappa shape index (κ1) is 14.9. The van der Waals surface area contributed by atoms with Crippen molar-refractivity contribution in [1.82, 2.24) is 3.97 Å². The summed E-state index contributed by atoms with van der Waals surface area (Å²) in [6.07, 6.45) is 1.54. The molecule has 0 saturated carbocycles. The van der Waals surface area contributed by atoms with Crippen LogP contribution in [0.2, 0.25) is 5.02 Å². The van der Waals surface area contributed by atoms with Gasteiger partial charge in [0.15, 0.2) is 0 Å². The summed E-state index contributed by atoms with van der Waals surface area (Å²) in [4.78, 5) is 0.252. The molecular weight excluding hydrogens is 318 g/mol. The normalized spacial score (nSPS) is 11.5. The molecule has 0 aliphatic heterocycles. The minimum Gasteiger partial charge on any atom is -0.241 e. The van der Waals surface area contributed by atoms with Crippen LogP contribution in [0.1, 0.15) is 5.56 Å². The van der Waals surface area contributed by atoms with Crippen molar-refractivity contribution in [3.63, 3.8) is 0 Å². The smallest absolute Gasteiger partial charge is 0.241 e. The van der Waals surface area contributed by atoms with E-state index in [0.29, 0.717) is 16.3 Å². The molecule has 0 aliphatic carbocycles. The van der Waals surface area contributed by atoms with Crippen LogP contribution in [0.4, 0.5) is 0 Å². The molecule has 0 amide bonds. The number of halogens is 1. The maximum atomic E-state index is 12.8. The average Bonchev–Trinajstić information content (AvgIpc) is 2.98. The quantitative estimate of drug-likeness (QED) is 0.715. The van der Waals surface area contributed by atoms with Gasteiger partial charge in [-0.15, -0.1) is 0 Å². The average molecular weight is 332 g/mol. The zero-order chi connectivity index (χ0) is 15.7. The van der Waals surface area contributed by atoms with Crippen molar-refractivity contribution < 1.29 is 8.42 Å². The monoisotopic (exact) mass is 331 g/mol. The predicted octanol–water partition coefficient (Wildman–Crippen LogP) is 4.35. The Balaban J connectivity index is 2.16. The Hall–Kier alpha value is -2.04. The van der Waals surface area contributed by atoms with Crippen molar-refractivity contribution in [1.29, 1.82) is 0 Å². The number of aromatic nitrogens is 1. The van der Waals surface area contributed by atoms with Crippen molar-refractivity contribution in [2.45, 2.75) is 11.8 Å². The standard InChI is InChI=1S/C17H14ClNO2S/c1-13-8-10-14(11-9-13)22(20,21)19-12-4-7-17(19)15-5-2-3-6-16(15)18/h2-12H,1H3. The molecule has 1 heterocycles. The van der Waals surface area contributed by atoms with Crippen molar-refractivity contribution in [3.8, 4) is 11.3 Å². The van der Waals surface area contributed by atoms with E-state index in [9.17, 15) is 8.42 Å². The molecule has 0 fully saturated rings. The van der Waals surface area contributed by atoms with Crippen molar-refractivity contribution in [2.24, 2.45) is 0 Å². The molecule has 0 unspecified atom stereocenters. The van der Waals surface area contributed by atoms with Crippen molar-refractivity contribution in [3.05, 3.63) is 77.4 Å². The highest BCUT2D eigenvalue weighted by atomic mass is 35.5. The molecule has 0 saturated heterocycles. The molecule has 3 rings (SSSR count). The van der Waals surface area contributed by atoms with E-state index >= 15 is 0 Å². The zero-order valence-electron chi connectivity index (χ0n) is 11.9. The van der Waals surface area contributed by atoms with E-state index in [1.165, 1.54) is 10.2 Å². The van der Waals surface area contributed by atoms with E-state index in [0.717, 1.165) is 5.56 Å². The Kier molecular flexibility index (Phi) is 3.81. The molecule has 0 bridgehead atoms. The van der Waals surface area contributed by atoms with Crippen LogP contribution in [0.5, 0.6) is 0 Å². The van der Waals surface area contributed by atoms with Gasteiger partial charge in [0.25, 0.3) is 10.0 Å². The van der Waals surface area contributed by atoms with Gasteiger partial charge in [0.05, 0.1) is 10.6 Å². The van der Waals surface area contributed by atoms with Crippen LogP contribution >= 0.6 is 11.6 Å². The van der Waals surface area contributed by atoms with E-state index < -0.39 is 10.0 Å². The number of hydrogen-bond acceptors (Lipinski definition) is 2. The second-order valence-corrected chi connectivity index (χ2v) is 7.21. The van der Waals surface area contributed by atoms with Crippen LogP contribution in [0, 0.1) is 6.92 Å². The molecule has 5 heteroatoms. The first-order valence-corrected chi connectivity index (χ1v) is 8.56. The van der Waals surface area contributed by atoms with Crippen molar-refractivity contribution in [2.75, 3.05) is 0 Å². The van der Waals surface area contributed by atoms with Gasteiger partial charge < -0.3 is 0 Å². The molecule has 22 heavy (non-hydrogen) atoms. The molecule has 0 spiro atoms. The van der Waals surface area contributed by atoms with Crippen LogP contribution in [0.3, 0.4) is 0 Å². The number of benzene rings is 2. The summed E-state index contributed by atoms with van der Waals surface area (Å²) in [6, 6.07) is 17.4. The van der Waals surface area contributed by atoms with Gasteiger partial charge in [0, 0.05) is 16.8 Å². The third kappa shape index (κ3) is 2.56. The summed E-state index contributed by atoms with van der Waals surface area (Å²) < 4.78 is 26.9. The lowest BCUT2D eigenvalue weighted by atomic mass is 10.2. The highest BCUT2D eigenvalue weighted by Crippen LogP contribution is 2.30. The van der Waals surface area contributed by atoms with Gasteiger partial charge in [-0.3, -0.25) is 0 Å². The molecule has 0 N–H and O–H groups in total. The Morgan fingerprint density at radius 1 is 0.909 bits per heavy atom. The summed E-state index contributed by atoms with van der Waals surface area (Å²) in [7, 11) is -3.65. The van der Waals surface area contributed by atoms with Gasteiger partial charge in [-0.1, -0.05) is 47.5 Å². The third-order valence-electron chi connectivity index (χ3n) is 3.44. The summed E-state index contributed by atoms with van der Waals surface area (Å²) in [5.74, 6) is 0. The van der Waals surface area contributed by atoms with Crippen LogP contribution in [0.25, 0.3) is 11.3 Å². The fourth-order valence-corrected chi connectivity index (χ4v) is 3.87. The lowest BCUT2D eigenvalue weighted by molar-refractivity contribution is 0.588.